The van der Waals surface area contributed by atoms with E-state index in [1.54, 1.807) is 0 Å². The van der Waals surface area contributed by atoms with Gasteiger partial charge in [-0.2, -0.15) is 0 Å². The number of nitrogens with two attached hydrogens (primary N) is 1. The number of carbonyl (C=O) groups excluding carboxylic acids is 1. The second kappa shape index (κ2) is 5.47. The third-order valence-corrected chi connectivity index (χ3v) is 1.45. The minimum atomic E-state index is -1.06. The van der Waals surface area contributed by atoms with Gasteiger partial charge in [-0.25, -0.2) is 4.79 Å². The Morgan fingerprint density at radius 1 is 1.62 bits per heavy atom. The summed E-state index contributed by atoms with van der Waals surface area (Å²) in [5, 5.41) is 11.4. The summed E-state index contributed by atoms with van der Waals surface area (Å²) in [4.78, 5) is 20.9. The van der Waals surface area contributed by atoms with E-state index in [4.69, 9.17) is 10.8 Å². The Hall–Kier alpha value is -1.17. The van der Waals surface area contributed by atoms with Crippen molar-refractivity contribution in [1.82, 2.24) is 5.32 Å². The molecule has 1 unspecified atom stereocenters. The van der Waals surface area contributed by atoms with Gasteiger partial charge in [0.05, 0.1) is 5.03 Å². The molecular weight excluding hydrogens is 192 g/mol. The molecule has 0 aromatic carbocycles. The van der Waals surface area contributed by atoms with Crippen molar-refractivity contribution in [2.24, 2.45) is 5.73 Å². The van der Waals surface area contributed by atoms with E-state index >= 15 is 0 Å². The summed E-state index contributed by atoms with van der Waals surface area (Å²) >= 11 is 3.79. The molecule has 0 aliphatic heterocycles. The van der Waals surface area contributed by atoms with Gasteiger partial charge in [0.15, 0.2) is 0 Å². The molecule has 0 heterocycles. The van der Waals surface area contributed by atoms with Crippen molar-refractivity contribution in [2.45, 2.75) is 18.9 Å². The quantitative estimate of drug-likeness (QED) is 0.447. The summed E-state index contributed by atoms with van der Waals surface area (Å²) in [5.74, 6) is -1.59. The second-order valence-electron chi connectivity index (χ2n) is 2.49. The highest BCUT2D eigenvalue weighted by molar-refractivity contribution is 7.84. The smallest absolute Gasteiger partial charge is 0.326 e. The van der Waals surface area contributed by atoms with E-state index in [2.05, 4.69) is 24.5 Å². The predicted molar refractivity (Wildman–Crippen MR) is 51.1 cm³/mol. The molecule has 0 aliphatic carbocycles. The van der Waals surface area contributed by atoms with Crippen molar-refractivity contribution in [3.05, 3.63) is 11.6 Å². The Bertz CT molecular complexity index is 230. The molecule has 0 fully saturated rings. The van der Waals surface area contributed by atoms with Crippen molar-refractivity contribution in [1.29, 1.82) is 0 Å². The van der Waals surface area contributed by atoms with Gasteiger partial charge in [-0.05, 0) is 6.42 Å². The van der Waals surface area contributed by atoms with Crippen molar-refractivity contribution in [3.63, 3.8) is 0 Å². The highest BCUT2D eigenvalue weighted by atomic mass is 32.1. The maximum Gasteiger partial charge on any atom is 0.326 e. The molecule has 0 aliphatic rings. The molecular formula is C7H12N2O3S. The Morgan fingerprint density at radius 2 is 2.15 bits per heavy atom. The lowest BCUT2D eigenvalue weighted by Crippen LogP contribution is -2.35. The zero-order valence-electron chi connectivity index (χ0n) is 6.99. The van der Waals surface area contributed by atoms with Gasteiger partial charge >= 0.3 is 5.97 Å². The molecule has 5 nitrogen and oxygen atoms in total. The largest absolute Gasteiger partial charge is 0.480 e. The first kappa shape index (κ1) is 11.8. The summed E-state index contributed by atoms with van der Waals surface area (Å²) in [6.45, 7) is 3.38. The standard InChI is InChI=1S/C7H12N2O3S/c1-4(13)9-5(7(11)12)2-3-6(8)10/h5,9,13H,1-3H2,(H2,8,10)(H,11,12). The van der Waals surface area contributed by atoms with Gasteiger partial charge in [0, 0.05) is 6.42 Å². The normalized spacial score (nSPS) is 11.8. The molecule has 0 radical (unpaired) electrons. The van der Waals surface area contributed by atoms with Crippen LogP contribution in [-0.2, 0) is 9.59 Å². The molecule has 0 aromatic rings. The van der Waals surface area contributed by atoms with E-state index in [1.807, 2.05) is 0 Å². The molecule has 13 heavy (non-hydrogen) atoms. The molecule has 4 N–H and O–H groups in total. The number of rotatable bonds is 6. The van der Waals surface area contributed by atoms with Crippen molar-refractivity contribution in [3.8, 4) is 0 Å². The Kier molecular flexibility index (Phi) is 4.98. The number of hydrogen-bond donors (Lipinski definition) is 4. The summed E-state index contributed by atoms with van der Waals surface area (Å²) in [7, 11) is 0. The van der Waals surface area contributed by atoms with E-state index in [0.717, 1.165) is 0 Å². The molecule has 0 saturated carbocycles. The summed E-state index contributed by atoms with van der Waals surface area (Å²) < 4.78 is 0. The third-order valence-electron chi connectivity index (χ3n) is 1.32. The molecule has 74 valence electrons. The van der Waals surface area contributed by atoms with Gasteiger partial charge in [0.25, 0.3) is 0 Å². The number of primary amides is 1. The fourth-order valence-corrected chi connectivity index (χ4v) is 0.901. The number of carboxylic acids is 1. The Balaban J connectivity index is 4.02. The van der Waals surface area contributed by atoms with E-state index in [9.17, 15) is 9.59 Å². The molecule has 0 spiro atoms. The molecule has 0 saturated heterocycles. The van der Waals surface area contributed by atoms with E-state index in [-0.39, 0.29) is 17.9 Å². The van der Waals surface area contributed by atoms with Crippen LogP contribution in [0.5, 0.6) is 0 Å². The fourth-order valence-electron chi connectivity index (χ4n) is 0.745. The van der Waals surface area contributed by atoms with Crippen LogP contribution in [0, 0.1) is 0 Å². The zero-order valence-corrected chi connectivity index (χ0v) is 7.88. The lowest BCUT2D eigenvalue weighted by Gasteiger charge is -2.13. The number of aliphatic carboxylic acids is 1. The minimum Gasteiger partial charge on any atom is -0.480 e. The van der Waals surface area contributed by atoms with Crippen molar-refractivity contribution in [2.75, 3.05) is 0 Å². The van der Waals surface area contributed by atoms with E-state index < -0.39 is 17.9 Å². The van der Waals surface area contributed by atoms with Gasteiger partial charge in [-0.15, -0.1) is 12.6 Å². The average Bonchev–Trinajstić information content (AvgIpc) is 1.96. The lowest BCUT2D eigenvalue weighted by atomic mass is 10.1. The highest BCUT2D eigenvalue weighted by Gasteiger charge is 2.17. The van der Waals surface area contributed by atoms with Crippen molar-refractivity contribution >= 4 is 24.5 Å². The summed E-state index contributed by atoms with van der Waals surface area (Å²) in [5.41, 5.74) is 4.87. The number of amides is 1. The van der Waals surface area contributed by atoms with Crippen LogP contribution in [-0.4, -0.2) is 23.0 Å². The third kappa shape index (κ3) is 6.03. The minimum absolute atomic E-state index is 0.0189. The monoisotopic (exact) mass is 204 g/mol. The lowest BCUT2D eigenvalue weighted by molar-refractivity contribution is -0.139. The van der Waals surface area contributed by atoms with Crippen LogP contribution in [0.1, 0.15) is 12.8 Å². The van der Waals surface area contributed by atoms with Crippen LogP contribution in [0.4, 0.5) is 0 Å². The SMILES string of the molecule is C=C(S)NC(CCC(N)=O)C(=O)O. The van der Waals surface area contributed by atoms with Gasteiger partial charge in [0.2, 0.25) is 5.91 Å². The number of hydrogen-bond acceptors (Lipinski definition) is 4. The van der Waals surface area contributed by atoms with E-state index in [1.165, 1.54) is 0 Å². The van der Waals surface area contributed by atoms with Crippen LogP contribution < -0.4 is 11.1 Å². The number of carboxylic acid groups (broad SMARTS) is 1. The van der Waals surface area contributed by atoms with Gasteiger partial charge in [-0.1, -0.05) is 6.58 Å². The maximum absolute atomic E-state index is 10.6. The molecule has 1 amide bonds. The highest BCUT2D eigenvalue weighted by Crippen LogP contribution is 2.01. The number of thiol groups is 1. The maximum atomic E-state index is 10.6. The van der Waals surface area contributed by atoms with Gasteiger partial charge in [-0.3, -0.25) is 4.79 Å². The molecule has 6 heteroatoms. The van der Waals surface area contributed by atoms with Crippen LogP contribution in [0.25, 0.3) is 0 Å². The van der Waals surface area contributed by atoms with Crippen LogP contribution in [0.15, 0.2) is 11.6 Å². The molecule has 0 rings (SSSR count). The first-order valence-corrected chi connectivity index (χ1v) is 4.03. The van der Waals surface area contributed by atoms with Crippen LogP contribution in [0.2, 0.25) is 0 Å². The Morgan fingerprint density at radius 3 is 2.46 bits per heavy atom. The average molecular weight is 204 g/mol. The fraction of sp³-hybridized carbons (Fsp3) is 0.429. The van der Waals surface area contributed by atoms with Crippen LogP contribution >= 0.6 is 12.6 Å². The first-order chi connectivity index (χ1) is 5.93. The first-order valence-electron chi connectivity index (χ1n) is 3.59. The second-order valence-corrected chi connectivity index (χ2v) is 3.03. The van der Waals surface area contributed by atoms with E-state index in [0.29, 0.717) is 0 Å². The summed E-state index contributed by atoms with van der Waals surface area (Å²) in [6, 6.07) is -0.863. The topological polar surface area (TPSA) is 92.4 Å². The zero-order chi connectivity index (χ0) is 10.4. The molecule has 0 bridgehead atoms. The molecule has 1 atom stereocenters. The van der Waals surface area contributed by atoms with Crippen molar-refractivity contribution < 1.29 is 14.7 Å². The summed E-state index contributed by atoms with van der Waals surface area (Å²) in [6.07, 6.45) is 0.148. The van der Waals surface area contributed by atoms with Gasteiger partial charge in [0.1, 0.15) is 6.04 Å². The van der Waals surface area contributed by atoms with Gasteiger partial charge < -0.3 is 16.2 Å². The predicted octanol–water partition coefficient (Wildman–Crippen LogP) is -0.304. The number of nitrogens with one attached hydrogen (secondary N) is 1. The van der Waals surface area contributed by atoms with Crippen LogP contribution in [0.3, 0.4) is 0 Å². The Labute approximate surface area is 81.4 Å². The molecule has 0 aromatic heterocycles. The number of carbonyl (C=O) groups is 2.